The third-order valence-corrected chi connectivity index (χ3v) is 4.09. The number of fused-ring (bicyclic) bond motifs is 1. The van der Waals surface area contributed by atoms with Gasteiger partial charge in [0, 0.05) is 12.4 Å². The van der Waals surface area contributed by atoms with Crippen molar-refractivity contribution < 1.29 is 14.1 Å². The Hall–Kier alpha value is -2.82. The number of benzene rings is 2. The van der Waals surface area contributed by atoms with E-state index in [0.29, 0.717) is 24.4 Å². The van der Waals surface area contributed by atoms with Crippen LogP contribution in [-0.4, -0.2) is 36.2 Å². The van der Waals surface area contributed by atoms with Gasteiger partial charge in [-0.05, 0) is 49.2 Å². The van der Waals surface area contributed by atoms with Crippen LogP contribution in [0.15, 0.2) is 47.0 Å². The summed E-state index contributed by atoms with van der Waals surface area (Å²) in [5.41, 5.74) is 3.70. The Morgan fingerprint density at radius 1 is 1.16 bits per heavy atom. The summed E-state index contributed by atoms with van der Waals surface area (Å²) in [6, 6.07) is 13.7. The molecular formula is C20H22N2O3. The van der Waals surface area contributed by atoms with Gasteiger partial charge in [-0.2, -0.15) is 0 Å². The van der Waals surface area contributed by atoms with E-state index < -0.39 is 0 Å². The molecule has 130 valence electrons. The van der Waals surface area contributed by atoms with Crippen LogP contribution in [0.1, 0.15) is 16.8 Å². The number of carbonyl (C=O) groups excluding carboxylic acids is 1. The Morgan fingerprint density at radius 2 is 1.88 bits per heavy atom. The Morgan fingerprint density at radius 3 is 2.64 bits per heavy atom. The molecule has 1 amide bonds. The molecule has 0 bridgehead atoms. The van der Waals surface area contributed by atoms with E-state index in [4.69, 9.17) is 9.26 Å². The molecule has 0 spiro atoms. The molecule has 0 radical (unpaired) electrons. The van der Waals surface area contributed by atoms with Gasteiger partial charge in [0.25, 0.3) is 0 Å². The molecule has 0 atom stereocenters. The van der Waals surface area contributed by atoms with Crippen LogP contribution in [0.4, 0.5) is 0 Å². The molecule has 0 fully saturated rings. The second-order valence-corrected chi connectivity index (χ2v) is 6.29. The molecule has 2 aromatic carbocycles. The minimum atomic E-state index is -0.0110. The highest BCUT2D eigenvalue weighted by Gasteiger charge is 2.15. The van der Waals surface area contributed by atoms with Crippen molar-refractivity contribution in [1.29, 1.82) is 0 Å². The van der Waals surface area contributed by atoms with Crippen LogP contribution in [0.5, 0.6) is 5.75 Å². The highest BCUT2D eigenvalue weighted by atomic mass is 16.5. The molecule has 0 N–H and O–H groups in total. The summed E-state index contributed by atoms with van der Waals surface area (Å²) in [4.78, 5) is 14.1. The summed E-state index contributed by atoms with van der Waals surface area (Å²) in [6.45, 7) is 5.04. The lowest BCUT2D eigenvalue weighted by molar-refractivity contribution is -0.129. The number of likely N-dealkylation sites (N-methyl/N-ethyl adjacent to an activating group) is 1. The first kappa shape index (κ1) is 17.0. The van der Waals surface area contributed by atoms with Gasteiger partial charge in [0.1, 0.15) is 18.1 Å². The molecule has 3 rings (SSSR count). The summed E-state index contributed by atoms with van der Waals surface area (Å²) in [7, 11) is 1.77. The quantitative estimate of drug-likeness (QED) is 0.690. The molecule has 1 aromatic heterocycles. The first-order valence-electron chi connectivity index (χ1n) is 8.31. The molecule has 3 aromatic rings. The Labute approximate surface area is 147 Å². The molecule has 0 aliphatic heterocycles. The molecular weight excluding hydrogens is 316 g/mol. The van der Waals surface area contributed by atoms with Crippen LogP contribution in [0.2, 0.25) is 0 Å². The number of para-hydroxylation sites is 1. The summed E-state index contributed by atoms with van der Waals surface area (Å²) >= 11 is 0. The zero-order valence-electron chi connectivity index (χ0n) is 14.8. The summed E-state index contributed by atoms with van der Waals surface area (Å²) < 4.78 is 11.0. The standard InChI is InChI=1S/C20H22N2O3/c1-14-10-15(2)12-16(11-14)24-9-8-22(3)20(23)13-18-17-6-4-5-7-19(17)25-21-18/h4-7,10-12H,8-9,13H2,1-3H3. The van der Waals surface area contributed by atoms with Crippen LogP contribution in [0, 0.1) is 13.8 Å². The first-order chi connectivity index (χ1) is 12.0. The van der Waals surface area contributed by atoms with Crippen molar-refractivity contribution in [2.45, 2.75) is 20.3 Å². The number of ether oxygens (including phenoxy) is 1. The van der Waals surface area contributed by atoms with Crippen molar-refractivity contribution in [1.82, 2.24) is 10.1 Å². The first-order valence-corrected chi connectivity index (χ1v) is 8.31. The van der Waals surface area contributed by atoms with E-state index in [1.807, 2.05) is 50.2 Å². The van der Waals surface area contributed by atoms with Crippen LogP contribution in [0.25, 0.3) is 11.0 Å². The van der Waals surface area contributed by atoms with E-state index in [1.54, 1.807) is 11.9 Å². The molecule has 0 aliphatic carbocycles. The van der Waals surface area contributed by atoms with Gasteiger partial charge < -0.3 is 14.2 Å². The summed E-state index contributed by atoms with van der Waals surface area (Å²) in [6.07, 6.45) is 0.219. The topological polar surface area (TPSA) is 55.6 Å². The zero-order valence-corrected chi connectivity index (χ0v) is 14.8. The van der Waals surface area contributed by atoms with E-state index in [2.05, 4.69) is 11.2 Å². The lowest BCUT2D eigenvalue weighted by Crippen LogP contribution is -2.32. The number of hydrogen-bond acceptors (Lipinski definition) is 4. The number of aryl methyl sites for hydroxylation is 2. The molecule has 0 saturated heterocycles. The van der Waals surface area contributed by atoms with E-state index in [9.17, 15) is 4.79 Å². The average Bonchev–Trinajstić information content (AvgIpc) is 2.97. The molecule has 1 heterocycles. The molecule has 5 nitrogen and oxygen atoms in total. The Kier molecular flexibility index (Phi) is 5.03. The van der Waals surface area contributed by atoms with Gasteiger partial charge in [-0.15, -0.1) is 0 Å². The molecule has 0 saturated carbocycles. The maximum absolute atomic E-state index is 12.4. The maximum Gasteiger partial charge on any atom is 0.228 e. The number of aromatic nitrogens is 1. The van der Waals surface area contributed by atoms with Crippen LogP contribution < -0.4 is 4.74 Å². The minimum Gasteiger partial charge on any atom is -0.492 e. The lowest BCUT2D eigenvalue weighted by Gasteiger charge is -2.17. The molecule has 5 heteroatoms. The zero-order chi connectivity index (χ0) is 17.8. The highest BCUT2D eigenvalue weighted by molar-refractivity contribution is 5.86. The normalized spacial score (nSPS) is 10.8. The summed E-state index contributed by atoms with van der Waals surface area (Å²) in [5.74, 6) is 0.823. The number of nitrogens with zero attached hydrogens (tertiary/aromatic N) is 2. The second-order valence-electron chi connectivity index (χ2n) is 6.29. The molecule has 0 aliphatic rings. The van der Waals surface area contributed by atoms with Crippen LogP contribution in [-0.2, 0) is 11.2 Å². The van der Waals surface area contributed by atoms with Crippen molar-refractivity contribution in [3.8, 4) is 5.75 Å². The van der Waals surface area contributed by atoms with Gasteiger partial charge in [-0.25, -0.2) is 0 Å². The summed E-state index contributed by atoms with van der Waals surface area (Å²) in [5, 5.41) is 4.90. The van der Waals surface area contributed by atoms with Crippen molar-refractivity contribution in [3.05, 3.63) is 59.3 Å². The SMILES string of the molecule is Cc1cc(C)cc(OCCN(C)C(=O)Cc2noc3ccccc23)c1. The van der Waals surface area contributed by atoms with Gasteiger partial charge in [-0.3, -0.25) is 4.79 Å². The third-order valence-electron chi connectivity index (χ3n) is 4.09. The van der Waals surface area contributed by atoms with E-state index in [-0.39, 0.29) is 12.3 Å². The largest absolute Gasteiger partial charge is 0.492 e. The smallest absolute Gasteiger partial charge is 0.228 e. The van der Waals surface area contributed by atoms with Crippen molar-refractivity contribution >= 4 is 16.9 Å². The Bertz CT molecular complexity index is 865. The van der Waals surface area contributed by atoms with Gasteiger partial charge in [-0.1, -0.05) is 23.4 Å². The number of hydrogen-bond donors (Lipinski definition) is 0. The maximum atomic E-state index is 12.4. The fourth-order valence-corrected chi connectivity index (χ4v) is 2.79. The van der Waals surface area contributed by atoms with Crippen molar-refractivity contribution in [3.63, 3.8) is 0 Å². The Balaban J connectivity index is 1.54. The number of rotatable bonds is 6. The minimum absolute atomic E-state index is 0.0110. The van der Waals surface area contributed by atoms with E-state index in [1.165, 1.54) is 0 Å². The highest BCUT2D eigenvalue weighted by Crippen LogP contribution is 2.19. The van der Waals surface area contributed by atoms with Gasteiger partial charge in [0.05, 0.1) is 13.0 Å². The van der Waals surface area contributed by atoms with E-state index >= 15 is 0 Å². The van der Waals surface area contributed by atoms with Crippen LogP contribution >= 0.6 is 0 Å². The van der Waals surface area contributed by atoms with E-state index in [0.717, 1.165) is 22.3 Å². The number of amides is 1. The predicted molar refractivity (Wildman–Crippen MR) is 96.8 cm³/mol. The van der Waals surface area contributed by atoms with Gasteiger partial charge in [0.15, 0.2) is 5.58 Å². The second kappa shape index (κ2) is 7.38. The lowest BCUT2D eigenvalue weighted by atomic mass is 10.1. The average molecular weight is 338 g/mol. The predicted octanol–water partition coefficient (Wildman–Crippen LogP) is 3.52. The van der Waals surface area contributed by atoms with Crippen molar-refractivity contribution in [2.24, 2.45) is 0 Å². The fourth-order valence-electron chi connectivity index (χ4n) is 2.79. The van der Waals surface area contributed by atoms with Crippen molar-refractivity contribution in [2.75, 3.05) is 20.2 Å². The van der Waals surface area contributed by atoms with Crippen LogP contribution in [0.3, 0.4) is 0 Å². The molecule has 0 unspecified atom stereocenters. The third kappa shape index (κ3) is 4.18. The van der Waals surface area contributed by atoms with Gasteiger partial charge >= 0.3 is 0 Å². The monoisotopic (exact) mass is 338 g/mol. The molecule has 25 heavy (non-hydrogen) atoms. The number of carbonyl (C=O) groups is 1. The fraction of sp³-hybridized carbons (Fsp3) is 0.300. The van der Waals surface area contributed by atoms with Gasteiger partial charge in [0.2, 0.25) is 5.91 Å².